The number of nitrogens with zero attached hydrogens (tertiary/aromatic N) is 2. The first-order chi connectivity index (χ1) is 9.61. The minimum absolute atomic E-state index is 0.0102. The number of ether oxygens (including phenoxy) is 1. The van der Waals surface area contributed by atoms with Crippen molar-refractivity contribution >= 4 is 17.3 Å². The van der Waals surface area contributed by atoms with Gasteiger partial charge in [-0.2, -0.15) is 0 Å². The molecular weight excluding hydrogens is 276 g/mol. The first-order valence-electron chi connectivity index (χ1n) is 7.15. The number of carbonyl (C=O) groups is 1. The van der Waals surface area contributed by atoms with Crippen LogP contribution in [-0.4, -0.2) is 41.7 Å². The van der Waals surface area contributed by atoms with Crippen LogP contribution in [0.4, 0.5) is 0 Å². The van der Waals surface area contributed by atoms with E-state index in [1.165, 1.54) is 11.3 Å². The average molecular weight is 298 g/mol. The summed E-state index contributed by atoms with van der Waals surface area (Å²) in [6, 6.07) is 0. The number of aryl methyl sites for hydroxylation is 1. The summed E-state index contributed by atoms with van der Waals surface area (Å²) in [5.74, 6) is -0.0925. The molecule has 1 aromatic rings. The van der Waals surface area contributed by atoms with Crippen molar-refractivity contribution in [1.29, 1.82) is 0 Å². The number of hydrogen-bond donors (Lipinski definition) is 0. The van der Waals surface area contributed by atoms with E-state index in [1.54, 1.807) is 4.57 Å². The second-order valence-corrected chi connectivity index (χ2v) is 6.01. The predicted octanol–water partition coefficient (Wildman–Crippen LogP) is 1.49. The van der Waals surface area contributed by atoms with E-state index in [-0.39, 0.29) is 16.8 Å². The van der Waals surface area contributed by atoms with Gasteiger partial charge in [-0.15, -0.1) is 0 Å². The Hall–Kier alpha value is -1.14. The highest BCUT2D eigenvalue weighted by molar-refractivity contribution is 7.07. The topological polar surface area (TPSA) is 51.5 Å². The number of piperidine rings is 1. The molecular formula is C14H22N2O3S. The van der Waals surface area contributed by atoms with Gasteiger partial charge in [-0.05, 0) is 33.2 Å². The van der Waals surface area contributed by atoms with Gasteiger partial charge in [-0.3, -0.25) is 9.59 Å². The van der Waals surface area contributed by atoms with Crippen molar-refractivity contribution < 1.29 is 9.53 Å². The van der Waals surface area contributed by atoms with Gasteiger partial charge in [0.25, 0.3) is 0 Å². The summed E-state index contributed by atoms with van der Waals surface area (Å²) in [4.78, 5) is 25.8. The lowest BCUT2D eigenvalue weighted by Crippen LogP contribution is -2.41. The maximum atomic E-state index is 11.8. The zero-order valence-corrected chi connectivity index (χ0v) is 12.9. The van der Waals surface area contributed by atoms with Gasteiger partial charge >= 0.3 is 10.8 Å². The van der Waals surface area contributed by atoms with Crippen LogP contribution in [0.2, 0.25) is 0 Å². The summed E-state index contributed by atoms with van der Waals surface area (Å²) >= 11 is 1.24. The van der Waals surface area contributed by atoms with E-state index in [4.69, 9.17) is 4.74 Å². The minimum Gasteiger partial charge on any atom is -0.466 e. The van der Waals surface area contributed by atoms with E-state index >= 15 is 0 Å². The highest BCUT2D eigenvalue weighted by Crippen LogP contribution is 2.17. The molecule has 0 radical (unpaired) electrons. The molecule has 1 aromatic heterocycles. The van der Waals surface area contributed by atoms with Crippen molar-refractivity contribution in [1.82, 2.24) is 9.47 Å². The highest BCUT2D eigenvalue weighted by Gasteiger charge is 2.26. The molecule has 1 aliphatic rings. The van der Waals surface area contributed by atoms with Crippen LogP contribution in [0.15, 0.2) is 10.2 Å². The maximum Gasteiger partial charge on any atom is 0.310 e. The van der Waals surface area contributed by atoms with E-state index in [0.717, 1.165) is 38.2 Å². The fraction of sp³-hybridized carbons (Fsp3) is 0.714. The van der Waals surface area contributed by atoms with Crippen LogP contribution >= 0.6 is 11.3 Å². The summed E-state index contributed by atoms with van der Waals surface area (Å²) in [7, 11) is 0. The molecule has 1 unspecified atom stereocenters. The van der Waals surface area contributed by atoms with Gasteiger partial charge in [-0.25, -0.2) is 0 Å². The third kappa shape index (κ3) is 3.70. The highest BCUT2D eigenvalue weighted by atomic mass is 32.1. The number of aromatic nitrogens is 1. The monoisotopic (exact) mass is 298 g/mol. The van der Waals surface area contributed by atoms with Gasteiger partial charge in [0.2, 0.25) is 0 Å². The maximum absolute atomic E-state index is 11.8. The van der Waals surface area contributed by atoms with Crippen molar-refractivity contribution in [2.45, 2.75) is 33.2 Å². The second kappa shape index (κ2) is 7.04. The number of likely N-dealkylation sites (tertiary alicyclic amines) is 1. The summed E-state index contributed by atoms with van der Waals surface area (Å²) < 4.78 is 6.90. The lowest BCUT2D eigenvalue weighted by molar-refractivity contribution is -0.149. The molecule has 0 spiro atoms. The van der Waals surface area contributed by atoms with E-state index in [1.807, 2.05) is 19.2 Å². The fourth-order valence-electron chi connectivity index (χ4n) is 2.63. The Morgan fingerprint density at radius 3 is 2.95 bits per heavy atom. The van der Waals surface area contributed by atoms with Crippen LogP contribution in [0.1, 0.15) is 25.5 Å². The van der Waals surface area contributed by atoms with Crippen LogP contribution in [0, 0.1) is 12.8 Å². The smallest absolute Gasteiger partial charge is 0.310 e. The van der Waals surface area contributed by atoms with Crippen LogP contribution in [0.3, 0.4) is 0 Å². The van der Waals surface area contributed by atoms with E-state index in [0.29, 0.717) is 13.2 Å². The van der Waals surface area contributed by atoms with Gasteiger partial charge in [0, 0.05) is 30.7 Å². The van der Waals surface area contributed by atoms with Gasteiger partial charge in [0.1, 0.15) is 0 Å². The molecule has 0 saturated carbocycles. The van der Waals surface area contributed by atoms with Crippen LogP contribution in [0.5, 0.6) is 0 Å². The molecule has 2 rings (SSSR count). The molecule has 0 aromatic carbocycles. The molecule has 0 aliphatic carbocycles. The zero-order valence-electron chi connectivity index (χ0n) is 12.1. The molecule has 1 saturated heterocycles. The number of esters is 1. The molecule has 0 bridgehead atoms. The lowest BCUT2D eigenvalue weighted by Gasteiger charge is -2.31. The third-order valence-corrected chi connectivity index (χ3v) is 4.62. The quantitative estimate of drug-likeness (QED) is 0.773. The average Bonchev–Trinajstić information content (AvgIpc) is 2.76. The SMILES string of the molecule is CCOC(=O)C1CCCN(CCn2c(C)csc2=O)C1. The molecule has 112 valence electrons. The Bertz CT molecular complexity index is 509. The van der Waals surface area contributed by atoms with Crippen molar-refractivity contribution in [3.63, 3.8) is 0 Å². The first kappa shape index (κ1) is 15.3. The Kier molecular flexibility index (Phi) is 5.37. The summed E-state index contributed by atoms with van der Waals surface area (Å²) in [5.41, 5.74) is 1.01. The summed E-state index contributed by atoms with van der Waals surface area (Å²) in [6.45, 7) is 7.49. The molecule has 6 heteroatoms. The standard InChI is InChI=1S/C14H22N2O3S/c1-3-19-13(17)12-5-4-6-15(9-12)7-8-16-11(2)10-20-14(16)18/h10,12H,3-9H2,1-2H3. The molecule has 5 nitrogen and oxygen atoms in total. The van der Waals surface area contributed by atoms with Gasteiger partial charge < -0.3 is 14.2 Å². The largest absolute Gasteiger partial charge is 0.466 e. The normalized spacial score (nSPS) is 20.0. The summed E-state index contributed by atoms with van der Waals surface area (Å²) in [6.07, 6.45) is 1.92. The van der Waals surface area contributed by atoms with Crippen molar-refractivity contribution in [2.24, 2.45) is 5.92 Å². The lowest BCUT2D eigenvalue weighted by atomic mass is 9.98. The number of carbonyl (C=O) groups excluding carboxylic acids is 1. The van der Waals surface area contributed by atoms with Gasteiger partial charge in [-0.1, -0.05) is 11.3 Å². The Labute approximate surface area is 123 Å². The van der Waals surface area contributed by atoms with Crippen LogP contribution in [-0.2, 0) is 16.1 Å². The predicted molar refractivity (Wildman–Crippen MR) is 79.1 cm³/mol. The molecule has 0 N–H and O–H groups in total. The Morgan fingerprint density at radius 1 is 1.50 bits per heavy atom. The summed E-state index contributed by atoms with van der Waals surface area (Å²) in [5, 5.41) is 1.89. The third-order valence-electron chi connectivity index (χ3n) is 3.74. The second-order valence-electron chi connectivity index (χ2n) is 5.19. The van der Waals surface area contributed by atoms with Crippen molar-refractivity contribution in [3.05, 3.63) is 20.7 Å². The first-order valence-corrected chi connectivity index (χ1v) is 8.03. The molecule has 0 amide bonds. The van der Waals surface area contributed by atoms with E-state index in [9.17, 15) is 9.59 Å². The Balaban J connectivity index is 1.87. The number of hydrogen-bond acceptors (Lipinski definition) is 5. The molecule has 2 heterocycles. The number of rotatable bonds is 5. The number of thiazole rings is 1. The zero-order chi connectivity index (χ0) is 14.5. The van der Waals surface area contributed by atoms with Crippen LogP contribution < -0.4 is 4.87 Å². The van der Waals surface area contributed by atoms with Crippen molar-refractivity contribution in [2.75, 3.05) is 26.2 Å². The van der Waals surface area contributed by atoms with Gasteiger partial charge in [0.05, 0.1) is 12.5 Å². The Morgan fingerprint density at radius 2 is 2.30 bits per heavy atom. The molecule has 1 atom stereocenters. The molecule has 20 heavy (non-hydrogen) atoms. The minimum atomic E-state index is -0.0823. The molecule has 1 fully saturated rings. The van der Waals surface area contributed by atoms with Gasteiger partial charge in [0.15, 0.2) is 0 Å². The van der Waals surface area contributed by atoms with E-state index in [2.05, 4.69) is 4.90 Å². The van der Waals surface area contributed by atoms with E-state index < -0.39 is 0 Å². The van der Waals surface area contributed by atoms with Crippen molar-refractivity contribution in [3.8, 4) is 0 Å². The van der Waals surface area contributed by atoms with Crippen LogP contribution in [0.25, 0.3) is 0 Å². The fourth-order valence-corrected chi connectivity index (χ4v) is 3.39. The molecule has 1 aliphatic heterocycles.